The molecule has 1 aliphatic heterocycles. The predicted octanol–water partition coefficient (Wildman–Crippen LogP) is 0.925. The lowest BCUT2D eigenvalue weighted by Gasteiger charge is -2.26. The molecule has 1 fully saturated rings. The molecular weight excluding hydrogens is 249 g/mol. The van der Waals surface area contributed by atoms with Crippen LogP contribution >= 0.6 is 0 Å². The molecule has 2 rings (SSSR count). The zero-order valence-electron chi connectivity index (χ0n) is 10.2. The zero-order valence-corrected chi connectivity index (χ0v) is 10.2. The van der Waals surface area contributed by atoms with Crippen molar-refractivity contribution < 1.29 is 17.7 Å². The van der Waals surface area contributed by atoms with Crippen molar-refractivity contribution in [2.24, 2.45) is 0 Å². The number of halogens is 3. The number of hydrogen-bond acceptors (Lipinski definition) is 5. The first-order chi connectivity index (χ1) is 8.35. The van der Waals surface area contributed by atoms with E-state index in [0.717, 1.165) is 0 Å². The summed E-state index contributed by atoms with van der Waals surface area (Å²) in [5.41, 5.74) is -2.04. The van der Waals surface area contributed by atoms with Crippen LogP contribution in [0.3, 0.4) is 0 Å². The number of hydrogen-bond donors (Lipinski definition) is 1. The van der Waals surface area contributed by atoms with E-state index >= 15 is 0 Å². The van der Waals surface area contributed by atoms with Gasteiger partial charge in [-0.1, -0.05) is 5.16 Å². The second-order valence-electron chi connectivity index (χ2n) is 4.76. The van der Waals surface area contributed by atoms with Crippen molar-refractivity contribution in [3.05, 3.63) is 11.7 Å². The topological polar surface area (TPSA) is 54.2 Å². The fourth-order valence-corrected chi connectivity index (χ4v) is 2.03. The van der Waals surface area contributed by atoms with Crippen LogP contribution in [0.1, 0.15) is 18.1 Å². The molecule has 102 valence electrons. The van der Waals surface area contributed by atoms with E-state index in [1.807, 2.05) is 0 Å². The number of nitrogens with zero attached hydrogens (tertiary/aromatic N) is 3. The van der Waals surface area contributed by atoms with E-state index in [-0.39, 0.29) is 24.7 Å². The summed E-state index contributed by atoms with van der Waals surface area (Å²) in [7, 11) is 3.57. The maximum atomic E-state index is 13.2. The highest BCUT2D eigenvalue weighted by molar-refractivity contribution is 5.14. The van der Waals surface area contributed by atoms with Crippen molar-refractivity contribution in [2.45, 2.75) is 24.6 Å². The predicted molar refractivity (Wildman–Crippen MR) is 56.9 cm³/mol. The molecule has 1 aliphatic rings. The molecule has 0 saturated carbocycles. The van der Waals surface area contributed by atoms with Crippen LogP contribution in [0.2, 0.25) is 0 Å². The number of rotatable bonds is 3. The molecule has 0 aliphatic carbocycles. The van der Waals surface area contributed by atoms with Gasteiger partial charge < -0.3 is 14.7 Å². The maximum Gasteiger partial charge on any atom is 0.404 e. The molecule has 0 spiro atoms. The quantitative estimate of drug-likeness (QED) is 0.880. The van der Waals surface area contributed by atoms with E-state index in [0.29, 0.717) is 13.1 Å². The van der Waals surface area contributed by atoms with Gasteiger partial charge in [0.2, 0.25) is 5.89 Å². The van der Waals surface area contributed by atoms with Crippen LogP contribution < -0.4 is 5.32 Å². The van der Waals surface area contributed by atoms with Gasteiger partial charge in [0.05, 0.1) is 6.54 Å². The normalized spacial score (nSPS) is 25.0. The van der Waals surface area contributed by atoms with Crippen LogP contribution in [0.5, 0.6) is 0 Å². The minimum atomic E-state index is -4.39. The summed E-state index contributed by atoms with van der Waals surface area (Å²) in [4.78, 5) is 5.66. The van der Waals surface area contributed by atoms with Crippen molar-refractivity contribution in [1.29, 1.82) is 0 Å². The van der Waals surface area contributed by atoms with Crippen LogP contribution in [-0.4, -0.2) is 48.4 Å². The standard InChI is InChI=1S/C10H15F3N4O/c1-17(2)5-7-15-8(18-16-7)9(10(11,12)13)3-4-14-6-9/h14H,3-6H2,1-2H3. The molecule has 1 unspecified atom stereocenters. The summed E-state index contributed by atoms with van der Waals surface area (Å²) in [5, 5.41) is 6.31. The van der Waals surface area contributed by atoms with Gasteiger partial charge in [-0.3, -0.25) is 0 Å². The van der Waals surface area contributed by atoms with Gasteiger partial charge in [0, 0.05) is 6.54 Å². The number of nitrogens with one attached hydrogen (secondary N) is 1. The second kappa shape index (κ2) is 4.51. The largest absolute Gasteiger partial charge is 0.404 e. The molecule has 1 atom stereocenters. The van der Waals surface area contributed by atoms with Gasteiger partial charge in [0.15, 0.2) is 11.2 Å². The molecule has 5 nitrogen and oxygen atoms in total. The molecule has 0 radical (unpaired) electrons. The Labute approximate surface area is 102 Å². The van der Waals surface area contributed by atoms with E-state index in [4.69, 9.17) is 4.52 Å². The van der Waals surface area contributed by atoms with Crippen molar-refractivity contribution in [1.82, 2.24) is 20.4 Å². The molecule has 8 heteroatoms. The van der Waals surface area contributed by atoms with E-state index < -0.39 is 11.6 Å². The molecule has 1 aromatic heterocycles. The Morgan fingerprint density at radius 3 is 2.67 bits per heavy atom. The SMILES string of the molecule is CN(C)Cc1noc(C2(C(F)(F)F)CCNC2)n1. The van der Waals surface area contributed by atoms with Gasteiger partial charge in [-0.2, -0.15) is 18.2 Å². The van der Waals surface area contributed by atoms with Crippen molar-refractivity contribution in [2.75, 3.05) is 27.2 Å². The average molecular weight is 264 g/mol. The average Bonchev–Trinajstić information content (AvgIpc) is 2.82. The van der Waals surface area contributed by atoms with E-state index in [9.17, 15) is 13.2 Å². The summed E-state index contributed by atoms with van der Waals surface area (Å²) < 4.78 is 44.4. The highest BCUT2D eigenvalue weighted by atomic mass is 19.4. The lowest BCUT2D eigenvalue weighted by Crippen LogP contribution is -2.44. The van der Waals surface area contributed by atoms with Crippen LogP contribution in [0.15, 0.2) is 4.52 Å². The molecule has 0 aromatic carbocycles. The minimum absolute atomic E-state index is 0.0693. The van der Waals surface area contributed by atoms with Crippen LogP contribution in [0.25, 0.3) is 0 Å². The van der Waals surface area contributed by atoms with Crippen LogP contribution in [-0.2, 0) is 12.0 Å². The Kier molecular flexibility index (Phi) is 3.33. The Morgan fingerprint density at radius 1 is 1.44 bits per heavy atom. The van der Waals surface area contributed by atoms with Gasteiger partial charge in [-0.05, 0) is 27.1 Å². The fraction of sp³-hybridized carbons (Fsp3) is 0.800. The van der Waals surface area contributed by atoms with E-state index in [2.05, 4.69) is 15.5 Å². The third-order valence-electron chi connectivity index (χ3n) is 3.03. The molecule has 0 amide bonds. The second-order valence-corrected chi connectivity index (χ2v) is 4.76. The summed E-state index contributed by atoms with van der Waals surface area (Å²) in [6, 6.07) is 0. The van der Waals surface area contributed by atoms with Gasteiger partial charge in [-0.25, -0.2) is 0 Å². The zero-order chi connectivity index (χ0) is 13.4. The monoisotopic (exact) mass is 264 g/mol. The smallest absolute Gasteiger partial charge is 0.338 e. The highest BCUT2D eigenvalue weighted by Gasteiger charge is 2.61. The lowest BCUT2D eigenvalue weighted by molar-refractivity contribution is -0.191. The molecule has 0 bridgehead atoms. The van der Waals surface area contributed by atoms with Crippen LogP contribution in [0.4, 0.5) is 13.2 Å². The Bertz CT molecular complexity index is 410. The van der Waals surface area contributed by atoms with Gasteiger partial charge >= 0.3 is 6.18 Å². The number of aromatic nitrogens is 2. The third-order valence-corrected chi connectivity index (χ3v) is 3.03. The molecular formula is C10H15F3N4O. The van der Waals surface area contributed by atoms with Gasteiger partial charge in [-0.15, -0.1) is 0 Å². The molecule has 1 aromatic rings. The summed E-state index contributed by atoms with van der Waals surface area (Å²) >= 11 is 0. The fourth-order valence-electron chi connectivity index (χ4n) is 2.03. The summed E-state index contributed by atoms with van der Waals surface area (Å²) in [6.07, 6.45) is -4.46. The van der Waals surface area contributed by atoms with Crippen molar-refractivity contribution >= 4 is 0 Å². The summed E-state index contributed by atoms with van der Waals surface area (Å²) in [6.45, 7) is 0.440. The van der Waals surface area contributed by atoms with Crippen LogP contribution in [0, 0.1) is 0 Å². The maximum absolute atomic E-state index is 13.2. The third kappa shape index (κ3) is 2.22. The van der Waals surface area contributed by atoms with E-state index in [1.165, 1.54) is 0 Å². The molecule has 2 heterocycles. The highest BCUT2D eigenvalue weighted by Crippen LogP contribution is 2.44. The van der Waals surface area contributed by atoms with Crippen molar-refractivity contribution in [3.63, 3.8) is 0 Å². The minimum Gasteiger partial charge on any atom is -0.338 e. The van der Waals surface area contributed by atoms with Gasteiger partial charge in [0.25, 0.3) is 0 Å². The molecule has 18 heavy (non-hydrogen) atoms. The van der Waals surface area contributed by atoms with Crippen molar-refractivity contribution in [3.8, 4) is 0 Å². The summed E-state index contributed by atoms with van der Waals surface area (Å²) in [5.74, 6) is -0.0672. The van der Waals surface area contributed by atoms with E-state index in [1.54, 1.807) is 19.0 Å². The first-order valence-corrected chi connectivity index (χ1v) is 5.60. The Morgan fingerprint density at radius 2 is 2.17 bits per heavy atom. The first-order valence-electron chi connectivity index (χ1n) is 5.60. The Hall–Kier alpha value is -1.15. The first kappa shape index (κ1) is 13.3. The Balaban J connectivity index is 2.30. The van der Waals surface area contributed by atoms with Gasteiger partial charge in [0.1, 0.15) is 0 Å². The molecule has 1 N–H and O–H groups in total. The number of alkyl halides is 3. The molecule has 1 saturated heterocycles. The lowest BCUT2D eigenvalue weighted by atomic mass is 9.86.